The van der Waals surface area contributed by atoms with Crippen LogP contribution in [-0.4, -0.2) is 36.5 Å². The number of ether oxygens (including phenoxy) is 1. The molecule has 3 unspecified atom stereocenters. The van der Waals surface area contributed by atoms with Crippen molar-refractivity contribution in [2.45, 2.75) is 51.4 Å². The fourth-order valence-electron chi connectivity index (χ4n) is 1.81. The standard InChI is InChI=1S/C10H21NO2/c1-3-10(13-7-8(2)12)9-5-4-6-11-9/h8-12H,3-7H2,1-2H3. The van der Waals surface area contributed by atoms with Crippen molar-refractivity contribution in [2.75, 3.05) is 13.2 Å². The molecule has 0 bridgehead atoms. The number of aliphatic hydroxyl groups excluding tert-OH is 1. The third-order valence-corrected chi connectivity index (χ3v) is 2.50. The second kappa shape index (κ2) is 5.58. The van der Waals surface area contributed by atoms with Crippen molar-refractivity contribution in [2.24, 2.45) is 0 Å². The number of nitrogens with one attached hydrogen (secondary N) is 1. The predicted molar refractivity (Wildman–Crippen MR) is 52.7 cm³/mol. The van der Waals surface area contributed by atoms with Gasteiger partial charge in [0.1, 0.15) is 0 Å². The minimum atomic E-state index is -0.351. The van der Waals surface area contributed by atoms with E-state index in [2.05, 4.69) is 12.2 Å². The zero-order valence-electron chi connectivity index (χ0n) is 8.62. The van der Waals surface area contributed by atoms with E-state index < -0.39 is 0 Å². The van der Waals surface area contributed by atoms with Gasteiger partial charge in [0.15, 0.2) is 0 Å². The summed E-state index contributed by atoms with van der Waals surface area (Å²) < 4.78 is 5.62. The fraction of sp³-hybridized carbons (Fsp3) is 1.00. The van der Waals surface area contributed by atoms with Gasteiger partial charge in [-0.1, -0.05) is 6.92 Å². The van der Waals surface area contributed by atoms with Crippen LogP contribution in [0.5, 0.6) is 0 Å². The first-order chi connectivity index (χ1) is 6.24. The molecule has 0 aromatic heterocycles. The topological polar surface area (TPSA) is 41.5 Å². The Morgan fingerprint density at radius 2 is 2.38 bits per heavy atom. The second-order valence-corrected chi connectivity index (χ2v) is 3.83. The Labute approximate surface area is 80.5 Å². The Bertz CT molecular complexity index is 133. The first-order valence-corrected chi connectivity index (χ1v) is 5.27. The molecule has 1 aliphatic rings. The normalized spacial score (nSPS) is 27.5. The van der Waals surface area contributed by atoms with E-state index in [1.807, 2.05) is 0 Å². The quantitative estimate of drug-likeness (QED) is 0.672. The van der Waals surface area contributed by atoms with Crippen molar-refractivity contribution in [3.8, 4) is 0 Å². The van der Waals surface area contributed by atoms with E-state index in [0.29, 0.717) is 12.6 Å². The van der Waals surface area contributed by atoms with Crippen molar-refractivity contribution < 1.29 is 9.84 Å². The minimum absolute atomic E-state index is 0.275. The van der Waals surface area contributed by atoms with Crippen LogP contribution in [0.3, 0.4) is 0 Å². The largest absolute Gasteiger partial charge is 0.391 e. The van der Waals surface area contributed by atoms with Gasteiger partial charge in [-0.3, -0.25) is 0 Å². The monoisotopic (exact) mass is 187 g/mol. The average molecular weight is 187 g/mol. The van der Waals surface area contributed by atoms with Gasteiger partial charge in [-0.05, 0) is 32.7 Å². The Balaban J connectivity index is 2.24. The van der Waals surface area contributed by atoms with Gasteiger partial charge in [-0.2, -0.15) is 0 Å². The first-order valence-electron chi connectivity index (χ1n) is 5.27. The molecule has 0 amide bonds. The zero-order valence-corrected chi connectivity index (χ0v) is 8.62. The lowest BCUT2D eigenvalue weighted by Gasteiger charge is -2.23. The van der Waals surface area contributed by atoms with E-state index in [1.165, 1.54) is 12.8 Å². The molecular formula is C10H21NO2. The summed E-state index contributed by atoms with van der Waals surface area (Å²) in [5.41, 5.74) is 0. The molecule has 3 heteroatoms. The van der Waals surface area contributed by atoms with E-state index in [4.69, 9.17) is 9.84 Å². The highest BCUT2D eigenvalue weighted by Crippen LogP contribution is 2.14. The third-order valence-electron chi connectivity index (χ3n) is 2.50. The molecule has 1 fully saturated rings. The van der Waals surface area contributed by atoms with Crippen LogP contribution >= 0.6 is 0 Å². The molecular weight excluding hydrogens is 166 g/mol. The highest BCUT2D eigenvalue weighted by molar-refractivity contribution is 4.81. The first kappa shape index (κ1) is 11.0. The average Bonchev–Trinajstić information content (AvgIpc) is 2.58. The molecule has 1 aliphatic heterocycles. The molecule has 2 N–H and O–H groups in total. The Hall–Kier alpha value is -0.120. The van der Waals surface area contributed by atoms with Crippen LogP contribution in [0.4, 0.5) is 0 Å². The Kier molecular flexibility index (Phi) is 4.70. The second-order valence-electron chi connectivity index (χ2n) is 3.83. The summed E-state index contributed by atoms with van der Waals surface area (Å²) in [6, 6.07) is 0.503. The van der Waals surface area contributed by atoms with Gasteiger partial charge in [0, 0.05) is 6.04 Å². The molecule has 0 spiro atoms. The van der Waals surface area contributed by atoms with Crippen molar-refractivity contribution in [3.63, 3.8) is 0 Å². The predicted octanol–water partition coefficient (Wildman–Crippen LogP) is 0.914. The summed E-state index contributed by atoms with van der Waals surface area (Å²) in [4.78, 5) is 0. The number of rotatable bonds is 5. The minimum Gasteiger partial charge on any atom is -0.391 e. The summed E-state index contributed by atoms with van der Waals surface area (Å²) >= 11 is 0. The van der Waals surface area contributed by atoms with Gasteiger partial charge < -0.3 is 15.2 Å². The molecule has 0 aliphatic carbocycles. The Morgan fingerprint density at radius 3 is 2.85 bits per heavy atom. The van der Waals surface area contributed by atoms with Crippen LogP contribution < -0.4 is 5.32 Å². The summed E-state index contributed by atoms with van der Waals surface area (Å²) in [6.07, 6.45) is 3.40. The van der Waals surface area contributed by atoms with Gasteiger partial charge in [0.2, 0.25) is 0 Å². The number of hydrogen-bond acceptors (Lipinski definition) is 3. The zero-order chi connectivity index (χ0) is 9.68. The molecule has 3 atom stereocenters. The van der Waals surface area contributed by atoms with E-state index in [1.54, 1.807) is 6.92 Å². The van der Waals surface area contributed by atoms with E-state index in [9.17, 15) is 0 Å². The van der Waals surface area contributed by atoms with Crippen LogP contribution in [0.2, 0.25) is 0 Å². The van der Waals surface area contributed by atoms with Crippen molar-refractivity contribution in [1.82, 2.24) is 5.32 Å². The van der Waals surface area contributed by atoms with Crippen LogP contribution in [0.1, 0.15) is 33.1 Å². The molecule has 13 heavy (non-hydrogen) atoms. The van der Waals surface area contributed by atoms with Crippen molar-refractivity contribution >= 4 is 0 Å². The van der Waals surface area contributed by atoms with Gasteiger partial charge in [0.05, 0.1) is 18.8 Å². The maximum atomic E-state index is 9.09. The van der Waals surface area contributed by atoms with Crippen LogP contribution in [0.15, 0.2) is 0 Å². The van der Waals surface area contributed by atoms with E-state index in [-0.39, 0.29) is 12.2 Å². The van der Waals surface area contributed by atoms with Gasteiger partial charge in [-0.15, -0.1) is 0 Å². The highest BCUT2D eigenvalue weighted by Gasteiger charge is 2.23. The lowest BCUT2D eigenvalue weighted by molar-refractivity contribution is -0.0182. The van der Waals surface area contributed by atoms with Crippen LogP contribution in [-0.2, 0) is 4.74 Å². The highest BCUT2D eigenvalue weighted by atomic mass is 16.5. The van der Waals surface area contributed by atoms with Crippen molar-refractivity contribution in [1.29, 1.82) is 0 Å². The van der Waals surface area contributed by atoms with Gasteiger partial charge in [-0.25, -0.2) is 0 Å². The fourth-order valence-corrected chi connectivity index (χ4v) is 1.81. The smallest absolute Gasteiger partial charge is 0.0745 e. The molecule has 3 nitrogen and oxygen atoms in total. The van der Waals surface area contributed by atoms with Crippen LogP contribution in [0, 0.1) is 0 Å². The molecule has 1 saturated heterocycles. The third kappa shape index (κ3) is 3.63. The number of hydrogen-bond donors (Lipinski definition) is 2. The Morgan fingerprint density at radius 1 is 1.62 bits per heavy atom. The molecule has 1 rings (SSSR count). The summed E-state index contributed by atoms with van der Waals surface area (Å²) in [5, 5.41) is 12.5. The molecule has 0 aromatic carbocycles. The van der Waals surface area contributed by atoms with Gasteiger partial charge >= 0.3 is 0 Å². The molecule has 0 aromatic rings. The molecule has 0 saturated carbocycles. The maximum Gasteiger partial charge on any atom is 0.0745 e. The lowest BCUT2D eigenvalue weighted by Crippen LogP contribution is -2.37. The molecule has 1 heterocycles. The lowest BCUT2D eigenvalue weighted by atomic mass is 10.1. The SMILES string of the molecule is CCC(OCC(C)O)C1CCCN1. The molecule has 0 radical (unpaired) electrons. The summed E-state index contributed by atoms with van der Waals surface area (Å²) in [6.45, 7) is 5.46. The van der Waals surface area contributed by atoms with Crippen molar-refractivity contribution in [3.05, 3.63) is 0 Å². The maximum absolute atomic E-state index is 9.09. The van der Waals surface area contributed by atoms with Crippen LogP contribution in [0.25, 0.3) is 0 Å². The number of aliphatic hydroxyl groups is 1. The summed E-state index contributed by atoms with van der Waals surface area (Å²) in [5.74, 6) is 0. The summed E-state index contributed by atoms with van der Waals surface area (Å²) in [7, 11) is 0. The molecule has 78 valence electrons. The van der Waals surface area contributed by atoms with Gasteiger partial charge in [0.25, 0.3) is 0 Å². The van der Waals surface area contributed by atoms with E-state index >= 15 is 0 Å². The van der Waals surface area contributed by atoms with E-state index in [0.717, 1.165) is 13.0 Å².